The van der Waals surface area contributed by atoms with Crippen LogP contribution in [0, 0.1) is 5.92 Å². The molecule has 1 aliphatic carbocycles. The summed E-state index contributed by atoms with van der Waals surface area (Å²) in [5.74, 6) is 0.171. The van der Waals surface area contributed by atoms with Crippen LogP contribution in [0.15, 0.2) is 18.2 Å². The molecule has 1 aromatic rings. The molecule has 0 unspecified atom stereocenters. The molecule has 3 aliphatic rings. The summed E-state index contributed by atoms with van der Waals surface area (Å²) in [6.07, 6.45) is 6.21. The van der Waals surface area contributed by atoms with Gasteiger partial charge in [0, 0.05) is 62.1 Å². The Morgan fingerprint density at radius 3 is 2.12 bits per heavy atom. The van der Waals surface area contributed by atoms with Crippen molar-refractivity contribution in [3.8, 4) is 0 Å². The highest BCUT2D eigenvalue weighted by atomic mass is 16.2. The SMILES string of the molecule is CC(C)(C)NC(=O)N1CCN(c2ccc(NC(=O)C3CCC3)cc2C(=O)N2CCCCC2)CC1. The normalized spacial score (nSPS) is 19.4. The Morgan fingerprint density at radius 1 is 0.853 bits per heavy atom. The Labute approximate surface area is 203 Å². The Hall–Kier alpha value is -2.77. The molecule has 2 heterocycles. The van der Waals surface area contributed by atoms with Crippen molar-refractivity contribution in [1.29, 1.82) is 0 Å². The zero-order valence-electron chi connectivity index (χ0n) is 20.9. The van der Waals surface area contributed by atoms with E-state index >= 15 is 0 Å². The van der Waals surface area contributed by atoms with Crippen molar-refractivity contribution in [1.82, 2.24) is 15.1 Å². The van der Waals surface area contributed by atoms with Crippen LogP contribution in [0.4, 0.5) is 16.2 Å². The number of piperidine rings is 1. The van der Waals surface area contributed by atoms with Gasteiger partial charge in [-0.25, -0.2) is 4.79 Å². The van der Waals surface area contributed by atoms with E-state index in [4.69, 9.17) is 0 Å². The first kappa shape index (κ1) is 24.4. The van der Waals surface area contributed by atoms with Crippen LogP contribution >= 0.6 is 0 Å². The van der Waals surface area contributed by atoms with Crippen LogP contribution in [0.5, 0.6) is 0 Å². The number of amides is 4. The summed E-state index contributed by atoms with van der Waals surface area (Å²) in [7, 11) is 0. The second-order valence-corrected chi connectivity index (χ2v) is 10.9. The molecular weight excluding hydrogens is 430 g/mol. The van der Waals surface area contributed by atoms with E-state index in [0.717, 1.165) is 57.3 Å². The quantitative estimate of drug-likeness (QED) is 0.705. The highest BCUT2D eigenvalue weighted by molar-refractivity contribution is 6.02. The average Bonchev–Trinajstić information content (AvgIpc) is 2.77. The summed E-state index contributed by atoms with van der Waals surface area (Å²) in [6.45, 7) is 9.99. The van der Waals surface area contributed by atoms with Crippen molar-refractivity contribution in [2.24, 2.45) is 5.92 Å². The van der Waals surface area contributed by atoms with Crippen molar-refractivity contribution in [3.63, 3.8) is 0 Å². The Balaban J connectivity index is 1.50. The average molecular weight is 470 g/mol. The lowest BCUT2D eigenvalue weighted by molar-refractivity contribution is -0.122. The van der Waals surface area contributed by atoms with Crippen LogP contribution in [0.3, 0.4) is 0 Å². The molecule has 0 spiro atoms. The summed E-state index contributed by atoms with van der Waals surface area (Å²) in [5, 5.41) is 6.05. The maximum absolute atomic E-state index is 13.5. The standard InChI is InChI=1S/C26H39N5O3/c1-26(2,3)28-25(34)31-16-14-29(15-17-31)22-11-10-20(27-23(32)19-8-7-9-19)18-21(22)24(33)30-12-5-4-6-13-30/h10-11,18-19H,4-9,12-17H2,1-3H3,(H,27,32)(H,28,34). The van der Waals surface area contributed by atoms with Gasteiger partial charge in [0.1, 0.15) is 0 Å². The minimum absolute atomic E-state index is 0.0300. The largest absolute Gasteiger partial charge is 0.367 e. The number of hydrogen-bond donors (Lipinski definition) is 2. The molecule has 0 aromatic heterocycles. The Morgan fingerprint density at radius 2 is 1.53 bits per heavy atom. The highest BCUT2D eigenvalue weighted by Gasteiger charge is 2.29. The van der Waals surface area contributed by atoms with Gasteiger partial charge in [-0.1, -0.05) is 6.42 Å². The van der Waals surface area contributed by atoms with Gasteiger partial charge in [-0.3, -0.25) is 9.59 Å². The summed E-state index contributed by atoms with van der Waals surface area (Å²) in [6, 6.07) is 5.66. The Bertz CT molecular complexity index is 908. The van der Waals surface area contributed by atoms with Crippen LogP contribution in [0.2, 0.25) is 0 Å². The van der Waals surface area contributed by atoms with Crippen LogP contribution in [0.1, 0.15) is 69.7 Å². The molecule has 186 valence electrons. The first-order valence-electron chi connectivity index (χ1n) is 12.8. The maximum atomic E-state index is 13.5. The lowest BCUT2D eigenvalue weighted by atomic mass is 9.85. The molecule has 2 saturated heterocycles. The van der Waals surface area contributed by atoms with E-state index in [9.17, 15) is 14.4 Å². The van der Waals surface area contributed by atoms with Gasteiger partial charge in [0.2, 0.25) is 5.91 Å². The lowest BCUT2D eigenvalue weighted by Gasteiger charge is -2.38. The first-order valence-corrected chi connectivity index (χ1v) is 12.8. The third kappa shape index (κ3) is 5.83. The van der Waals surface area contributed by atoms with Gasteiger partial charge in [-0.2, -0.15) is 0 Å². The summed E-state index contributed by atoms with van der Waals surface area (Å²) < 4.78 is 0. The van der Waals surface area contributed by atoms with Crippen molar-refractivity contribution >= 4 is 29.2 Å². The van der Waals surface area contributed by atoms with Gasteiger partial charge >= 0.3 is 6.03 Å². The molecule has 3 fully saturated rings. The predicted molar refractivity (Wildman–Crippen MR) is 134 cm³/mol. The molecule has 0 radical (unpaired) electrons. The molecule has 34 heavy (non-hydrogen) atoms. The minimum atomic E-state index is -0.276. The number of benzene rings is 1. The van der Waals surface area contributed by atoms with E-state index in [0.29, 0.717) is 37.4 Å². The molecule has 4 rings (SSSR count). The van der Waals surface area contributed by atoms with E-state index < -0.39 is 0 Å². The molecule has 1 saturated carbocycles. The monoisotopic (exact) mass is 469 g/mol. The van der Waals surface area contributed by atoms with E-state index in [2.05, 4.69) is 15.5 Å². The number of nitrogens with zero attached hydrogens (tertiary/aromatic N) is 3. The second-order valence-electron chi connectivity index (χ2n) is 10.9. The number of carbonyl (C=O) groups is 3. The summed E-state index contributed by atoms with van der Waals surface area (Å²) in [5.41, 5.74) is 1.93. The third-order valence-electron chi connectivity index (χ3n) is 7.00. The molecule has 8 heteroatoms. The first-order chi connectivity index (χ1) is 16.2. The van der Waals surface area contributed by atoms with Gasteiger partial charge in [0.05, 0.1) is 5.56 Å². The third-order valence-corrected chi connectivity index (χ3v) is 7.00. The molecule has 1 aromatic carbocycles. The summed E-state index contributed by atoms with van der Waals surface area (Å²) in [4.78, 5) is 44.6. The van der Waals surface area contributed by atoms with Gasteiger partial charge in [-0.05, 0) is 71.1 Å². The number of hydrogen-bond acceptors (Lipinski definition) is 4. The molecule has 4 amide bonds. The fourth-order valence-corrected chi connectivity index (χ4v) is 4.79. The number of carbonyl (C=O) groups excluding carboxylic acids is 3. The molecule has 8 nitrogen and oxygen atoms in total. The van der Waals surface area contributed by atoms with Crippen molar-refractivity contribution < 1.29 is 14.4 Å². The van der Waals surface area contributed by atoms with Crippen molar-refractivity contribution in [3.05, 3.63) is 23.8 Å². The number of urea groups is 1. The molecular formula is C26H39N5O3. The minimum Gasteiger partial charge on any atom is -0.367 e. The van der Waals surface area contributed by atoms with E-state index in [1.54, 1.807) is 0 Å². The topological polar surface area (TPSA) is 85.0 Å². The van der Waals surface area contributed by atoms with Crippen LogP contribution in [-0.4, -0.2) is 72.5 Å². The van der Waals surface area contributed by atoms with Gasteiger partial charge in [0.15, 0.2) is 0 Å². The number of nitrogens with one attached hydrogen (secondary N) is 2. The van der Waals surface area contributed by atoms with E-state index in [-0.39, 0.29) is 29.3 Å². The Kier molecular flexibility index (Phi) is 7.33. The smallest absolute Gasteiger partial charge is 0.317 e. The van der Waals surface area contributed by atoms with Crippen molar-refractivity contribution in [2.45, 2.75) is 64.8 Å². The number of likely N-dealkylation sites (tertiary alicyclic amines) is 1. The zero-order valence-corrected chi connectivity index (χ0v) is 20.9. The maximum Gasteiger partial charge on any atom is 0.317 e. The van der Waals surface area contributed by atoms with E-state index in [1.807, 2.05) is 48.8 Å². The lowest BCUT2D eigenvalue weighted by Crippen LogP contribution is -2.55. The number of rotatable bonds is 4. The van der Waals surface area contributed by atoms with Crippen molar-refractivity contribution in [2.75, 3.05) is 49.5 Å². The fourth-order valence-electron chi connectivity index (χ4n) is 4.79. The molecule has 2 N–H and O–H groups in total. The van der Waals surface area contributed by atoms with Gasteiger partial charge < -0.3 is 25.3 Å². The molecule has 0 atom stereocenters. The zero-order chi connectivity index (χ0) is 24.3. The highest BCUT2D eigenvalue weighted by Crippen LogP contribution is 2.31. The number of anilines is 2. The second kappa shape index (κ2) is 10.2. The molecule has 2 aliphatic heterocycles. The van der Waals surface area contributed by atoms with Crippen LogP contribution < -0.4 is 15.5 Å². The predicted octanol–water partition coefficient (Wildman–Crippen LogP) is 3.68. The fraction of sp³-hybridized carbons (Fsp3) is 0.654. The van der Waals surface area contributed by atoms with Crippen LogP contribution in [0.25, 0.3) is 0 Å². The van der Waals surface area contributed by atoms with E-state index in [1.165, 1.54) is 0 Å². The van der Waals surface area contributed by atoms with Crippen LogP contribution in [-0.2, 0) is 4.79 Å². The summed E-state index contributed by atoms with van der Waals surface area (Å²) >= 11 is 0. The molecule has 0 bridgehead atoms. The number of piperazine rings is 1. The van der Waals surface area contributed by atoms with Gasteiger partial charge in [-0.15, -0.1) is 0 Å². The van der Waals surface area contributed by atoms with Gasteiger partial charge in [0.25, 0.3) is 5.91 Å².